The third kappa shape index (κ3) is 4.86. The summed E-state index contributed by atoms with van der Waals surface area (Å²) in [5.41, 5.74) is 2.26. The fraction of sp³-hybridized carbons (Fsp3) is 0.478. The smallest absolute Gasteiger partial charge is 0.191 e. The van der Waals surface area contributed by atoms with Gasteiger partial charge in [0, 0.05) is 37.8 Å². The number of nitrogens with one attached hydrogen (secondary N) is 2. The van der Waals surface area contributed by atoms with E-state index in [1.54, 1.807) is 12.1 Å². The highest BCUT2D eigenvalue weighted by Crippen LogP contribution is 2.47. The van der Waals surface area contributed by atoms with Crippen LogP contribution in [0.25, 0.3) is 0 Å². The maximum atomic E-state index is 13.6. The molecule has 1 aliphatic carbocycles. The molecule has 2 aliphatic rings. The first-order chi connectivity index (χ1) is 14.2. The molecule has 2 N–H and O–H groups in total. The van der Waals surface area contributed by atoms with Crippen LogP contribution in [0.1, 0.15) is 43.7 Å². The number of rotatable bonds is 7. The van der Waals surface area contributed by atoms with Gasteiger partial charge in [-0.25, -0.2) is 14.4 Å². The van der Waals surface area contributed by atoms with Crippen LogP contribution in [0.15, 0.2) is 47.6 Å². The largest absolute Gasteiger partial charge is 0.357 e. The van der Waals surface area contributed by atoms with Crippen LogP contribution in [0.3, 0.4) is 0 Å². The summed E-state index contributed by atoms with van der Waals surface area (Å²) in [6.07, 6.45) is 6.51. The van der Waals surface area contributed by atoms with Gasteiger partial charge in [0.05, 0.1) is 6.54 Å². The summed E-state index contributed by atoms with van der Waals surface area (Å²) < 4.78 is 13.6. The Labute approximate surface area is 172 Å². The van der Waals surface area contributed by atoms with Crippen LogP contribution >= 0.6 is 0 Å². The van der Waals surface area contributed by atoms with Gasteiger partial charge in [-0.15, -0.1) is 0 Å². The number of hydrogen-bond donors (Lipinski definition) is 2. The molecular weight excluding hydrogens is 365 g/mol. The van der Waals surface area contributed by atoms with Crippen molar-refractivity contribution in [2.75, 3.05) is 31.1 Å². The van der Waals surface area contributed by atoms with Crippen molar-refractivity contribution in [3.8, 4) is 0 Å². The SMILES string of the molecule is CCNC(=NCc1ccnc(N2CCCC2)c1)NCC1(c2cccc(F)c2)CC1. The fourth-order valence-electron chi connectivity index (χ4n) is 3.98. The number of nitrogens with zero attached hydrogens (tertiary/aromatic N) is 3. The lowest BCUT2D eigenvalue weighted by atomic mass is 9.96. The molecule has 5 nitrogen and oxygen atoms in total. The summed E-state index contributed by atoms with van der Waals surface area (Å²) in [6, 6.07) is 11.2. The van der Waals surface area contributed by atoms with E-state index in [0.29, 0.717) is 6.54 Å². The molecule has 1 aliphatic heterocycles. The van der Waals surface area contributed by atoms with Crippen LogP contribution in [0.4, 0.5) is 10.2 Å². The second-order valence-electron chi connectivity index (χ2n) is 8.06. The Morgan fingerprint density at radius 3 is 2.72 bits per heavy atom. The molecule has 0 amide bonds. The molecule has 0 radical (unpaired) electrons. The maximum absolute atomic E-state index is 13.6. The molecule has 6 heteroatoms. The van der Waals surface area contributed by atoms with Crippen molar-refractivity contribution in [3.05, 3.63) is 59.5 Å². The lowest BCUT2D eigenvalue weighted by Gasteiger charge is -2.19. The van der Waals surface area contributed by atoms with Crippen molar-refractivity contribution in [2.24, 2.45) is 4.99 Å². The Bertz CT molecular complexity index is 856. The zero-order chi connectivity index (χ0) is 20.1. The molecular formula is C23H30FN5. The van der Waals surface area contributed by atoms with Crippen molar-refractivity contribution >= 4 is 11.8 Å². The van der Waals surface area contributed by atoms with Gasteiger partial charge in [-0.05, 0) is 68.0 Å². The van der Waals surface area contributed by atoms with E-state index >= 15 is 0 Å². The molecule has 154 valence electrons. The zero-order valence-corrected chi connectivity index (χ0v) is 17.1. The van der Waals surface area contributed by atoms with E-state index in [4.69, 9.17) is 4.99 Å². The molecule has 1 saturated carbocycles. The number of anilines is 1. The number of hydrogen-bond acceptors (Lipinski definition) is 3. The summed E-state index contributed by atoms with van der Waals surface area (Å²) in [5, 5.41) is 6.80. The standard InChI is InChI=1S/C23H30FN5/c1-2-25-22(28-17-23(9-10-23)19-6-5-7-20(24)15-19)27-16-18-8-11-26-21(14-18)29-12-3-4-13-29/h5-8,11,14-15H,2-4,9-10,12-13,16-17H2,1H3,(H2,25,27,28). The normalized spacial score (nSPS) is 18.0. The molecule has 29 heavy (non-hydrogen) atoms. The zero-order valence-electron chi connectivity index (χ0n) is 17.1. The molecule has 0 spiro atoms. The van der Waals surface area contributed by atoms with Crippen LogP contribution in [0.2, 0.25) is 0 Å². The number of benzene rings is 1. The van der Waals surface area contributed by atoms with Crippen LogP contribution in [-0.2, 0) is 12.0 Å². The number of aliphatic imine (C=N–C) groups is 1. The van der Waals surface area contributed by atoms with Crippen LogP contribution in [0, 0.1) is 5.82 Å². The molecule has 0 unspecified atom stereocenters. The molecule has 0 bridgehead atoms. The number of aromatic nitrogens is 1. The first kappa shape index (κ1) is 19.7. The minimum Gasteiger partial charge on any atom is -0.357 e. The van der Waals surface area contributed by atoms with Gasteiger partial charge in [0.1, 0.15) is 11.6 Å². The van der Waals surface area contributed by atoms with Crippen molar-refractivity contribution in [1.82, 2.24) is 15.6 Å². The lowest BCUT2D eigenvalue weighted by Crippen LogP contribution is -2.41. The summed E-state index contributed by atoms with van der Waals surface area (Å²) in [6.45, 7) is 6.41. The lowest BCUT2D eigenvalue weighted by molar-refractivity contribution is 0.607. The van der Waals surface area contributed by atoms with Crippen molar-refractivity contribution < 1.29 is 4.39 Å². The van der Waals surface area contributed by atoms with Gasteiger partial charge in [0.25, 0.3) is 0 Å². The number of halogens is 1. The number of guanidine groups is 1. The van der Waals surface area contributed by atoms with Gasteiger partial charge in [0.2, 0.25) is 0 Å². The second-order valence-corrected chi connectivity index (χ2v) is 8.06. The van der Waals surface area contributed by atoms with Crippen LogP contribution in [-0.4, -0.2) is 37.1 Å². The molecule has 0 atom stereocenters. The average Bonchev–Trinajstić information content (AvgIpc) is 3.33. The maximum Gasteiger partial charge on any atom is 0.191 e. The van der Waals surface area contributed by atoms with Crippen molar-refractivity contribution in [1.29, 1.82) is 0 Å². The predicted octanol–water partition coefficient (Wildman–Crippen LogP) is 3.61. The third-order valence-electron chi connectivity index (χ3n) is 5.89. The van der Waals surface area contributed by atoms with Gasteiger partial charge in [-0.1, -0.05) is 12.1 Å². The fourth-order valence-corrected chi connectivity index (χ4v) is 3.98. The third-order valence-corrected chi connectivity index (χ3v) is 5.89. The molecule has 1 aromatic heterocycles. The van der Waals surface area contributed by atoms with Gasteiger partial charge in [-0.3, -0.25) is 0 Å². The Morgan fingerprint density at radius 2 is 2.00 bits per heavy atom. The van der Waals surface area contributed by atoms with E-state index in [-0.39, 0.29) is 11.2 Å². The Morgan fingerprint density at radius 1 is 1.17 bits per heavy atom. The molecule has 1 saturated heterocycles. The molecule has 2 heterocycles. The van der Waals surface area contributed by atoms with Crippen LogP contribution in [0.5, 0.6) is 0 Å². The first-order valence-corrected chi connectivity index (χ1v) is 10.7. The van der Waals surface area contributed by atoms with E-state index < -0.39 is 0 Å². The summed E-state index contributed by atoms with van der Waals surface area (Å²) in [5.74, 6) is 1.69. The number of pyridine rings is 1. The van der Waals surface area contributed by atoms with E-state index in [0.717, 1.165) is 61.9 Å². The van der Waals surface area contributed by atoms with E-state index in [2.05, 4.69) is 33.5 Å². The Kier molecular flexibility index (Phi) is 5.97. The second kappa shape index (κ2) is 8.80. The summed E-state index contributed by atoms with van der Waals surface area (Å²) in [4.78, 5) is 11.6. The summed E-state index contributed by atoms with van der Waals surface area (Å²) in [7, 11) is 0. The quantitative estimate of drug-likeness (QED) is 0.556. The minimum atomic E-state index is -0.166. The topological polar surface area (TPSA) is 52.6 Å². The van der Waals surface area contributed by atoms with Gasteiger partial charge in [0.15, 0.2) is 5.96 Å². The van der Waals surface area contributed by atoms with Crippen LogP contribution < -0.4 is 15.5 Å². The Balaban J connectivity index is 1.40. The molecule has 4 rings (SSSR count). The van der Waals surface area contributed by atoms with Gasteiger partial charge < -0.3 is 15.5 Å². The Hall–Kier alpha value is -2.63. The van der Waals surface area contributed by atoms with E-state index in [9.17, 15) is 4.39 Å². The van der Waals surface area contributed by atoms with Crippen molar-refractivity contribution in [2.45, 2.75) is 44.6 Å². The summed E-state index contributed by atoms with van der Waals surface area (Å²) >= 11 is 0. The minimum absolute atomic E-state index is 0.0257. The molecule has 2 aromatic rings. The highest BCUT2D eigenvalue weighted by Gasteiger charge is 2.44. The van der Waals surface area contributed by atoms with E-state index in [1.807, 2.05) is 18.3 Å². The first-order valence-electron chi connectivity index (χ1n) is 10.7. The van der Waals surface area contributed by atoms with Gasteiger partial charge in [-0.2, -0.15) is 0 Å². The monoisotopic (exact) mass is 395 g/mol. The highest BCUT2D eigenvalue weighted by molar-refractivity contribution is 5.80. The van der Waals surface area contributed by atoms with Crippen molar-refractivity contribution in [3.63, 3.8) is 0 Å². The van der Waals surface area contributed by atoms with E-state index in [1.165, 1.54) is 18.9 Å². The predicted molar refractivity (Wildman–Crippen MR) is 116 cm³/mol. The molecule has 2 fully saturated rings. The van der Waals surface area contributed by atoms with Gasteiger partial charge >= 0.3 is 0 Å². The average molecular weight is 396 g/mol. The highest BCUT2D eigenvalue weighted by atomic mass is 19.1. The molecule has 1 aromatic carbocycles.